The molecule has 16 heteroatoms. The number of alkyl halides is 2. The number of thiazole rings is 1. The number of nitrogens with one attached hydrogen (secondary N) is 2. The molecule has 2 saturated heterocycles. The lowest BCUT2D eigenvalue weighted by Crippen LogP contribution is -2.48. The summed E-state index contributed by atoms with van der Waals surface area (Å²) in [5.74, 6) is -3.23. The summed E-state index contributed by atoms with van der Waals surface area (Å²) in [5, 5.41) is 7.65. The van der Waals surface area contributed by atoms with Gasteiger partial charge in [0.2, 0.25) is 0 Å². The average Bonchev–Trinajstić information content (AvgIpc) is 3.40. The number of rotatable bonds is 6. The Morgan fingerprint density at radius 1 is 1.30 bits per heavy atom. The number of nitrogens with zero attached hydrogens (tertiary/aromatic N) is 4. The van der Waals surface area contributed by atoms with Gasteiger partial charge in [-0.05, 0) is 13.0 Å². The molecule has 3 heterocycles. The number of carbonyl (C=O) groups is 3. The van der Waals surface area contributed by atoms with E-state index in [0.717, 1.165) is 16.0 Å². The molecule has 2 N–H and O–H groups in total. The third kappa shape index (κ3) is 5.95. The number of cyclic esters (lactones) is 1. The molecule has 1 aromatic rings. The lowest BCUT2D eigenvalue weighted by molar-refractivity contribution is -0.132. The minimum atomic E-state index is -3.22. The molecule has 0 aromatic carbocycles. The lowest BCUT2D eigenvalue weighted by atomic mass is 9.88. The van der Waals surface area contributed by atoms with Crippen LogP contribution in [0.4, 0.5) is 32.3 Å². The predicted octanol–water partition coefficient (Wildman–Crippen LogP) is 2.62. The van der Waals surface area contributed by atoms with E-state index in [2.05, 4.69) is 10.3 Å². The zero-order valence-corrected chi connectivity index (χ0v) is 20.4. The maximum absolute atomic E-state index is 15.3. The van der Waals surface area contributed by atoms with E-state index < -0.39 is 47.8 Å². The summed E-state index contributed by atoms with van der Waals surface area (Å²) in [6.07, 6.45) is -2.80. The summed E-state index contributed by atoms with van der Waals surface area (Å²) in [6, 6.07) is -0.565. The van der Waals surface area contributed by atoms with Crippen molar-refractivity contribution in [2.45, 2.75) is 31.4 Å². The molecule has 0 bridgehead atoms. The number of aromatic nitrogens is 1. The van der Waals surface area contributed by atoms with E-state index in [1.165, 1.54) is 29.4 Å². The van der Waals surface area contributed by atoms with Gasteiger partial charge in [0, 0.05) is 31.1 Å². The first-order valence-corrected chi connectivity index (χ1v) is 12.1. The highest BCUT2D eigenvalue weighted by Gasteiger charge is 2.46. The number of allylic oxidation sites excluding steroid dienone is 1. The van der Waals surface area contributed by atoms with Crippen LogP contribution in [0.15, 0.2) is 35.0 Å². The molecule has 2 fully saturated rings. The van der Waals surface area contributed by atoms with Gasteiger partial charge in [0.25, 0.3) is 5.91 Å². The molecule has 3 aliphatic rings. The molecule has 1 aliphatic carbocycles. The minimum absolute atomic E-state index is 0.0168. The van der Waals surface area contributed by atoms with Gasteiger partial charge in [0.1, 0.15) is 23.5 Å². The van der Waals surface area contributed by atoms with Crippen molar-refractivity contribution >= 4 is 34.5 Å². The number of amides is 4. The van der Waals surface area contributed by atoms with Gasteiger partial charge in [0.15, 0.2) is 5.13 Å². The van der Waals surface area contributed by atoms with Crippen molar-refractivity contribution in [1.29, 1.82) is 0 Å². The molecule has 37 heavy (non-hydrogen) atoms. The molecule has 202 valence electrons. The molecule has 1 unspecified atom stereocenters. The summed E-state index contributed by atoms with van der Waals surface area (Å²) in [5.41, 5.74) is -1.73. The van der Waals surface area contributed by atoms with E-state index >= 15 is 8.78 Å². The van der Waals surface area contributed by atoms with E-state index in [-0.39, 0.29) is 51.4 Å². The first kappa shape index (κ1) is 26.7. The van der Waals surface area contributed by atoms with Crippen LogP contribution in [-0.4, -0.2) is 95.3 Å². The Morgan fingerprint density at radius 2 is 2.08 bits per heavy atom. The van der Waals surface area contributed by atoms with Crippen LogP contribution < -0.4 is 10.6 Å². The second kappa shape index (κ2) is 10.9. The number of hydroxylamine groups is 2. The van der Waals surface area contributed by atoms with Gasteiger partial charge in [-0.2, -0.15) is 8.78 Å². The molecule has 4 rings (SSSR count). The zero-order chi connectivity index (χ0) is 26.7. The highest BCUT2D eigenvalue weighted by atomic mass is 32.1. The number of urea groups is 1. The Morgan fingerprint density at radius 3 is 2.76 bits per heavy atom. The maximum atomic E-state index is 15.3. The second-order valence-corrected chi connectivity index (χ2v) is 9.53. The van der Waals surface area contributed by atoms with Crippen molar-refractivity contribution in [2.75, 3.05) is 44.6 Å². The largest absolute Gasteiger partial charge is 0.442 e. The third-order valence-corrected chi connectivity index (χ3v) is 6.69. The molecule has 11 nitrogen and oxygen atoms in total. The van der Waals surface area contributed by atoms with Crippen LogP contribution in [-0.2, 0) is 14.4 Å². The Balaban J connectivity index is 1.39. The fourth-order valence-corrected chi connectivity index (χ4v) is 4.74. The monoisotopic (exact) mass is 548 g/mol. The van der Waals surface area contributed by atoms with Crippen molar-refractivity contribution in [2.24, 2.45) is 0 Å². The summed E-state index contributed by atoms with van der Waals surface area (Å²) in [7, 11) is 0. The van der Waals surface area contributed by atoms with Crippen molar-refractivity contribution in [1.82, 2.24) is 25.2 Å². The standard InChI is InChI=1S/C21H24F4N6O5S/c1-21(30-11-12(36-20(30)34)10-27-17(32)16(24)25)8-13(22)15(14(23)9-21)29-3-4-31(35-6-5-29)19(33)28-18-26-2-7-37-18/h2,7-8,12,16H,3-6,9-11H2,1H3,(H,27,32)(H,26,28,33)/t12-,21?/m0/s1. The van der Waals surface area contributed by atoms with Gasteiger partial charge >= 0.3 is 18.5 Å². The van der Waals surface area contributed by atoms with Crippen LogP contribution in [0.5, 0.6) is 0 Å². The van der Waals surface area contributed by atoms with E-state index in [1.807, 2.05) is 5.32 Å². The van der Waals surface area contributed by atoms with Crippen LogP contribution in [0.2, 0.25) is 0 Å². The SMILES string of the molecule is CC1(N2C[C@H](CNC(=O)C(F)F)OC2=O)C=C(F)C(N2CCON(C(=O)Nc3nccs3)CC2)=C(F)C1. The quantitative estimate of drug-likeness (QED) is 0.525. The Bertz CT molecular complexity index is 1100. The fourth-order valence-electron chi connectivity index (χ4n) is 4.22. The number of carbonyl (C=O) groups excluding carboxylic acids is 3. The molecule has 0 saturated carbocycles. The zero-order valence-electron chi connectivity index (χ0n) is 19.6. The molecule has 0 spiro atoms. The lowest BCUT2D eigenvalue weighted by Gasteiger charge is -2.38. The van der Waals surface area contributed by atoms with E-state index in [4.69, 9.17) is 9.57 Å². The fraction of sp³-hybridized carbons (Fsp3) is 0.524. The number of ether oxygens (including phenoxy) is 1. The van der Waals surface area contributed by atoms with Crippen LogP contribution in [0.1, 0.15) is 13.3 Å². The molecule has 1 aromatic heterocycles. The second-order valence-electron chi connectivity index (χ2n) is 8.63. The molecule has 4 amide bonds. The molecule has 2 atom stereocenters. The normalized spacial score (nSPS) is 24.7. The van der Waals surface area contributed by atoms with Gasteiger partial charge in [-0.3, -0.25) is 19.8 Å². The van der Waals surface area contributed by atoms with Crippen molar-refractivity contribution in [3.63, 3.8) is 0 Å². The molecular formula is C21H24F4N6O5S. The van der Waals surface area contributed by atoms with Gasteiger partial charge in [-0.1, -0.05) is 0 Å². The number of anilines is 1. The first-order chi connectivity index (χ1) is 17.6. The van der Waals surface area contributed by atoms with Gasteiger partial charge in [0.05, 0.1) is 31.8 Å². The third-order valence-electron chi connectivity index (χ3n) is 6.00. The number of hydrogen-bond donors (Lipinski definition) is 2. The summed E-state index contributed by atoms with van der Waals surface area (Å²) in [4.78, 5) is 47.8. The van der Waals surface area contributed by atoms with E-state index in [1.54, 1.807) is 5.38 Å². The number of halogens is 4. The minimum Gasteiger partial charge on any atom is -0.442 e. The molecule has 0 radical (unpaired) electrons. The predicted molar refractivity (Wildman–Crippen MR) is 122 cm³/mol. The highest BCUT2D eigenvalue weighted by molar-refractivity contribution is 7.13. The summed E-state index contributed by atoms with van der Waals surface area (Å²) >= 11 is 1.22. The van der Waals surface area contributed by atoms with Crippen molar-refractivity contribution in [3.8, 4) is 0 Å². The summed E-state index contributed by atoms with van der Waals surface area (Å²) in [6.45, 7) is 1.09. The smallest absolute Gasteiger partial charge is 0.411 e. The highest BCUT2D eigenvalue weighted by Crippen LogP contribution is 2.40. The molecular weight excluding hydrogens is 524 g/mol. The Kier molecular flexibility index (Phi) is 7.87. The van der Waals surface area contributed by atoms with Crippen LogP contribution >= 0.6 is 11.3 Å². The average molecular weight is 549 g/mol. The number of hydrogen-bond acceptors (Lipinski definition) is 8. The van der Waals surface area contributed by atoms with Crippen molar-refractivity contribution < 1.29 is 41.5 Å². The van der Waals surface area contributed by atoms with Gasteiger partial charge in [-0.15, -0.1) is 11.3 Å². The van der Waals surface area contributed by atoms with E-state index in [9.17, 15) is 23.2 Å². The van der Waals surface area contributed by atoms with Crippen LogP contribution in [0.3, 0.4) is 0 Å². The Hall–Kier alpha value is -3.40. The Labute approximate surface area is 212 Å². The summed E-state index contributed by atoms with van der Waals surface area (Å²) < 4.78 is 60.5. The maximum Gasteiger partial charge on any atom is 0.411 e. The van der Waals surface area contributed by atoms with E-state index in [0.29, 0.717) is 5.13 Å². The van der Waals surface area contributed by atoms with Crippen LogP contribution in [0.25, 0.3) is 0 Å². The topological polar surface area (TPSA) is 116 Å². The molecule has 2 aliphatic heterocycles. The first-order valence-electron chi connectivity index (χ1n) is 11.2. The van der Waals surface area contributed by atoms with Gasteiger partial charge in [-0.25, -0.2) is 28.4 Å². The van der Waals surface area contributed by atoms with Gasteiger partial charge < -0.3 is 15.0 Å². The van der Waals surface area contributed by atoms with Crippen molar-refractivity contribution in [3.05, 3.63) is 35.0 Å². The van der Waals surface area contributed by atoms with Crippen LogP contribution in [0, 0.1) is 0 Å².